The van der Waals surface area contributed by atoms with Gasteiger partial charge in [0.25, 0.3) is 5.91 Å². The molecule has 0 aromatic heterocycles. The van der Waals surface area contributed by atoms with E-state index in [1.165, 1.54) is 4.90 Å². The molecule has 138 valence electrons. The lowest BCUT2D eigenvalue weighted by atomic mass is 10.1. The average Bonchev–Trinajstić information content (AvgIpc) is 2.71. The van der Waals surface area contributed by atoms with Crippen molar-refractivity contribution >= 4 is 22.6 Å². The Morgan fingerprint density at radius 1 is 0.926 bits per heavy atom. The molecule has 0 aliphatic rings. The van der Waals surface area contributed by atoms with E-state index in [-0.39, 0.29) is 18.4 Å². The fourth-order valence-electron chi connectivity index (χ4n) is 2.82. The van der Waals surface area contributed by atoms with E-state index in [1.54, 1.807) is 31.3 Å². The first kappa shape index (κ1) is 18.5. The second-order valence-corrected chi connectivity index (χ2v) is 6.20. The van der Waals surface area contributed by atoms with E-state index < -0.39 is 0 Å². The van der Waals surface area contributed by atoms with E-state index in [0.29, 0.717) is 18.7 Å². The number of likely N-dealkylation sites (N-methyl/N-ethyl adjacent to an activating group) is 1. The quantitative estimate of drug-likeness (QED) is 0.657. The highest BCUT2D eigenvalue weighted by Crippen LogP contribution is 2.24. The summed E-state index contributed by atoms with van der Waals surface area (Å²) in [5.41, 5.74) is 0.562. The number of carbonyl (C=O) groups is 2. The number of ether oxygens (including phenoxy) is 1. The van der Waals surface area contributed by atoms with E-state index >= 15 is 0 Å². The highest BCUT2D eigenvalue weighted by Gasteiger charge is 2.14. The molecule has 5 heteroatoms. The minimum atomic E-state index is -0.219. The van der Waals surface area contributed by atoms with Gasteiger partial charge in [-0.15, -0.1) is 0 Å². The van der Waals surface area contributed by atoms with Gasteiger partial charge in [-0.25, -0.2) is 0 Å². The van der Waals surface area contributed by atoms with Gasteiger partial charge in [-0.3, -0.25) is 9.59 Å². The Labute approximate surface area is 158 Å². The lowest BCUT2D eigenvalue weighted by Gasteiger charge is -2.17. The Morgan fingerprint density at radius 3 is 2.44 bits per heavy atom. The first-order chi connectivity index (χ1) is 13.1. The zero-order valence-corrected chi connectivity index (χ0v) is 15.2. The van der Waals surface area contributed by atoms with Gasteiger partial charge in [-0.1, -0.05) is 54.6 Å². The van der Waals surface area contributed by atoms with E-state index in [2.05, 4.69) is 5.32 Å². The smallest absolute Gasteiger partial charge is 0.254 e. The molecular formula is C22H22N2O3. The predicted molar refractivity (Wildman–Crippen MR) is 106 cm³/mol. The summed E-state index contributed by atoms with van der Waals surface area (Å²) < 4.78 is 5.80. The van der Waals surface area contributed by atoms with E-state index in [4.69, 9.17) is 4.74 Å². The highest BCUT2D eigenvalue weighted by atomic mass is 16.5. The molecule has 0 spiro atoms. The van der Waals surface area contributed by atoms with Gasteiger partial charge in [-0.2, -0.15) is 0 Å². The van der Waals surface area contributed by atoms with Crippen LogP contribution < -0.4 is 10.1 Å². The summed E-state index contributed by atoms with van der Waals surface area (Å²) in [6.07, 6.45) is 0. The molecule has 2 amide bonds. The van der Waals surface area contributed by atoms with Crippen LogP contribution in [0.5, 0.6) is 5.75 Å². The second-order valence-electron chi connectivity index (χ2n) is 6.20. The zero-order chi connectivity index (χ0) is 19.1. The first-order valence-corrected chi connectivity index (χ1v) is 8.83. The molecule has 3 aromatic carbocycles. The van der Waals surface area contributed by atoms with Gasteiger partial charge in [0.2, 0.25) is 5.91 Å². The van der Waals surface area contributed by atoms with Gasteiger partial charge >= 0.3 is 0 Å². The van der Waals surface area contributed by atoms with Crippen molar-refractivity contribution in [3.8, 4) is 5.75 Å². The average molecular weight is 362 g/mol. The number of hydrogen-bond acceptors (Lipinski definition) is 3. The summed E-state index contributed by atoms with van der Waals surface area (Å²) in [6, 6.07) is 22.8. The summed E-state index contributed by atoms with van der Waals surface area (Å²) in [7, 11) is 1.61. The molecule has 0 heterocycles. The van der Waals surface area contributed by atoms with Crippen molar-refractivity contribution in [2.24, 2.45) is 0 Å². The topological polar surface area (TPSA) is 58.6 Å². The summed E-state index contributed by atoms with van der Waals surface area (Å²) in [5, 5.41) is 4.93. The van der Waals surface area contributed by atoms with Crippen molar-refractivity contribution in [3.63, 3.8) is 0 Å². The van der Waals surface area contributed by atoms with Gasteiger partial charge in [0.05, 0.1) is 13.1 Å². The molecule has 0 atom stereocenters. The molecule has 3 aromatic rings. The summed E-state index contributed by atoms with van der Waals surface area (Å²) >= 11 is 0. The number of rotatable bonds is 7. The molecule has 0 aliphatic carbocycles. The molecule has 0 unspecified atom stereocenters. The SMILES string of the molecule is CN(CC(=O)NCCOc1cccc2ccccc12)C(=O)c1ccccc1. The minimum Gasteiger partial charge on any atom is -0.491 e. The Hall–Kier alpha value is -3.34. The fraction of sp³-hybridized carbons (Fsp3) is 0.182. The van der Waals surface area contributed by atoms with Crippen LogP contribution in [-0.4, -0.2) is 43.5 Å². The third-order valence-corrected chi connectivity index (χ3v) is 4.18. The second kappa shape index (κ2) is 8.85. The molecule has 0 fully saturated rings. The van der Waals surface area contributed by atoms with Crippen LogP contribution in [0.1, 0.15) is 10.4 Å². The molecule has 5 nitrogen and oxygen atoms in total. The molecule has 1 N–H and O–H groups in total. The Morgan fingerprint density at radius 2 is 1.63 bits per heavy atom. The predicted octanol–water partition coefficient (Wildman–Crippen LogP) is 3.11. The van der Waals surface area contributed by atoms with Crippen LogP contribution in [0.25, 0.3) is 10.8 Å². The van der Waals surface area contributed by atoms with Crippen LogP contribution in [0.15, 0.2) is 72.8 Å². The lowest BCUT2D eigenvalue weighted by Crippen LogP contribution is -2.39. The maximum Gasteiger partial charge on any atom is 0.254 e. The maximum absolute atomic E-state index is 12.2. The van der Waals surface area contributed by atoms with Crippen molar-refractivity contribution in [2.75, 3.05) is 26.7 Å². The molecule has 0 saturated carbocycles. The van der Waals surface area contributed by atoms with Crippen LogP contribution in [0, 0.1) is 0 Å². The molecular weight excluding hydrogens is 340 g/mol. The third-order valence-electron chi connectivity index (χ3n) is 4.18. The standard InChI is InChI=1S/C22H22N2O3/c1-24(22(26)18-9-3-2-4-10-18)16-21(25)23-14-15-27-20-13-7-11-17-8-5-6-12-19(17)20/h2-13H,14-16H2,1H3,(H,23,25). The Balaban J connectivity index is 1.45. The number of benzene rings is 3. The molecule has 3 rings (SSSR count). The number of amides is 2. The number of nitrogens with zero attached hydrogens (tertiary/aromatic N) is 1. The molecule has 0 aliphatic heterocycles. The van der Waals surface area contributed by atoms with Crippen molar-refractivity contribution < 1.29 is 14.3 Å². The maximum atomic E-state index is 12.2. The number of hydrogen-bond donors (Lipinski definition) is 1. The minimum absolute atomic E-state index is 0.00198. The van der Waals surface area contributed by atoms with Crippen LogP contribution in [0.2, 0.25) is 0 Å². The zero-order valence-electron chi connectivity index (χ0n) is 15.2. The number of fused-ring (bicyclic) bond motifs is 1. The third kappa shape index (κ3) is 4.85. The largest absolute Gasteiger partial charge is 0.491 e. The monoisotopic (exact) mass is 362 g/mol. The van der Waals surface area contributed by atoms with Gasteiger partial charge < -0.3 is 15.0 Å². The summed E-state index contributed by atoms with van der Waals surface area (Å²) in [6.45, 7) is 0.730. The van der Waals surface area contributed by atoms with Gasteiger partial charge in [-0.05, 0) is 23.6 Å². The van der Waals surface area contributed by atoms with Gasteiger partial charge in [0, 0.05) is 18.0 Å². The van der Waals surface area contributed by atoms with E-state index in [9.17, 15) is 9.59 Å². The number of carbonyl (C=O) groups excluding carboxylic acids is 2. The Kier molecular flexibility index (Phi) is 6.05. The van der Waals surface area contributed by atoms with Gasteiger partial charge in [0.1, 0.15) is 12.4 Å². The van der Waals surface area contributed by atoms with Crippen LogP contribution in [0.3, 0.4) is 0 Å². The van der Waals surface area contributed by atoms with E-state index in [1.807, 2.05) is 48.5 Å². The van der Waals surface area contributed by atoms with Crippen LogP contribution in [0.4, 0.5) is 0 Å². The molecule has 27 heavy (non-hydrogen) atoms. The van der Waals surface area contributed by atoms with Crippen LogP contribution in [-0.2, 0) is 4.79 Å². The molecule has 0 saturated heterocycles. The van der Waals surface area contributed by atoms with Crippen LogP contribution >= 0.6 is 0 Å². The molecule has 0 radical (unpaired) electrons. The first-order valence-electron chi connectivity index (χ1n) is 8.83. The lowest BCUT2D eigenvalue weighted by molar-refractivity contribution is -0.121. The van der Waals surface area contributed by atoms with E-state index in [0.717, 1.165) is 16.5 Å². The van der Waals surface area contributed by atoms with Crippen molar-refractivity contribution in [1.29, 1.82) is 0 Å². The summed E-state index contributed by atoms with van der Waals surface area (Å²) in [5.74, 6) is 0.389. The normalized spacial score (nSPS) is 10.4. The van der Waals surface area contributed by atoms with Crippen molar-refractivity contribution in [1.82, 2.24) is 10.2 Å². The van der Waals surface area contributed by atoms with Crippen molar-refractivity contribution in [3.05, 3.63) is 78.4 Å². The highest BCUT2D eigenvalue weighted by molar-refractivity contribution is 5.96. The summed E-state index contributed by atoms with van der Waals surface area (Å²) in [4.78, 5) is 25.7. The fourth-order valence-corrected chi connectivity index (χ4v) is 2.82. The number of nitrogens with one attached hydrogen (secondary N) is 1. The van der Waals surface area contributed by atoms with Gasteiger partial charge in [0.15, 0.2) is 0 Å². The van der Waals surface area contributed by atoms with Crippen molar-refractivity contribution in [2.45, 2.75) is 0 Å². The molecule has 0 bridgehead atoms. The Bertz CT molecular complexity index is 920.